The normalized spacial score (nSPS) is 13.8. The molecule has 10 heteroatoms. The van der Waals surface area contributed by atoms with Gasteiger partial charge in [0.2, 0.25) is 5.78 Å². The summed E-state index contributed by atoms with van der Waals surface area (Å²) in [5.41, 5.74) is 15.4. The Morgan fingerprint density at radius 3 is 1.80 bits per heavy atom. The van der Waals surface area contributed by atoms with Gasteiger partial charge in [-0.3, -0.25) is 13.4 Å². The van der Waals surface area contributed by atoms with Crippen LogP contribution in [0.25, 0.3) is 59.7 Å². The second-order valence-electron chi connectivity index (χ2n) is 14.0. The van der Waals surface area contributed by atoms with Gasteiger partial charge in [0.25, 0.3) is 0 Å². The molecule has 2 aliphatic heterocycles. The smallest absolute Gasteiger partial charge is 0.343 e. The number of aromatic nitrogens is 5. The molecule has 0 amide bonds. The molecule has 0 spiro atoms. The number of imidazole rings is 3. The van der Waals surface area contributed by atoms with Gasteiger partial charge < -0.3 is 14.4 Å². The minimum atomic E-state index is -0.215. The van der Waals surface area contributed by atoms with Gasteiger partial charge in [0.05, 0.1) is 71.9 Å². The summed E-state index contributed by atoms with van der Waals surface area (Å²) in [6.45, 7) is 0. The summed E-state index contributed by atoms with van der Waals surface area (Å²) < 4.78 is 8.12. The Morgan fingerprint density at radius 1 is 0.426 bits per heavy atom. The maximum absolute atomic E-state index is 5.34. The first kappa shape index (κ1) is 28.5. The van der Waals surface area contributed by atoms with E-state index in [2.05, 4.69) is 192 Å². The molecule has 0 saturated carbocycles. The largest absolute Gasteiger partial charge is 0.519 e. The van der Waals surface area contributed by atoms with E-state index in [4.69, 9.17) is 9.97 Å². The Labute approximate surface area is 312 Å². The van der Waals surface area contributed by atoms with Crippen LogP contribution in [0.1, 0.15) is 0 Å². The molecule has 2 aliphatic rings. The van der Waals surface area contributed by atoms with Crippen molar-refractivity contribution in [1.29, 1.82) is 0 Å². The molecule has 0 atom stereocenters. The molecule has 0 N–H and O–H groups in total. The average molecular weight is 711 g/mol. The summed E-state index contributed by atoms with van der Waals surface area (Å²) in [4.78, 5) is 19.0. The summed E-state index contributed by atoms with van der Waals surface area (Å²) in [7, 11) is -0.215. The Hall–Kier alpha value is -7.04. The molecule has 11 aromatic rings. The minimum absolute atomic E-state index is 0.215. The average Bonchev–Trinajstić information content (AvgIpc) is 4.05. The van der Waals surface area contributed by atoms with Crippen molar-refractivity contribution >= 4 is 107 Å². The first-order chi connectivity index (χ1) is 26.8. The lowest BCUT2D eigenvalue weighted by Gasteiger charge is -2.32. The lowest BCUT2D eigenvalue weighted by molar-refractivity contribution is 1.11. The predicted octanol–water partition coefficient (Wildman–Crippen LogP) is 10.9. The Morgan fingerprint density at radius 2 is 1.00 bits per heavy atom. The van der Waals surface area contributed by atoms with Gasteiger partial charge in [0.15, 0.2) is 4.96 Å². The molecule has 54 heavy (non-hydrogen) atoms. The SMILES string of the molecule is c1cc(N2B3N(c4ccccc42)c2ccccc2N3c2cccc3c2nc2sc4ccccc4n23)cc(-n2c3ccccc3n3c4ccccc4nc23)c1. The molecule has 4 aromatic heterocycles. The van der Waals surface area contributed by atoms with Crippen LogP contribution in [0.2, 0.25) is 0 Å². The number of anilines is 6. The highest BCUT2D eigenvalue weighted by atomic mass is 32.1. The van der Waals surface area contributed by atoms with Crippen LogP contribution in [-0.2, 0) is 0 Å². The summed E-state index contributed by atoms with van der Waals surface area (Å²) in [6.07, 6.45) is 0. The molecule has 13 rings (SSSR count). The molecule has 0 bridgehead atoms. The second-order valence-corrected chi connectivity index (χ2v) is 15.0. The topological polar surface area (TPSA) is 49.2 Å². The maximum atomic E-state index is 5.34. The minimum Gasteiger partial charge on any atom is -0.343 e. The number of thiazole rings is 1. The molecule has 0 aliphatic carbocycles. The third-order valence-corrected chi connectivity index (χ3v) is 12.2. The first-order valence-electron chi connectivity index (χ1n) is 18.1. The van der Waals surface area contributed by atoms with Crippen molar-refractivity contribution < 1.29 is 0 Å². The molecule has 0 saturated heterocycles. The number of nitrogens with zero attached hydrogens (tertiary/aromatic N) is 8. The summed E-state index contributed by atoms with van der Waals surface area (Å²) >= 11 is 1.74. The molecule has 8 nitrogen and oxygen atoms in total. The van der Waals surface area contributed by atoms with Gasteiger partial charge in [-0.1, -0.05) is 84.1 Å². The zero-order chi connectivity index (χ0) is 35.1. The molecule has 0 radical (unpaired) electrons. The van der Waals surface area contributed by atoms with Crippen LogP contribution < -0.4 is 14.4 Å². The van der Waals surface area contributed by atoms with E-state index in [0.29, 0.717) is 0 Å². The highest BCUT2D eigenvalue weighted by molar-refractivity contribution is 7.23. The number of fused-ring (bicyclic) bond motifs is 15. The molecular formula is C44H27BN8S. The van der Waals surface area contributed by atoms with E-state index in [1.807, 2.05) is 0 Å². The highest BCUT2D eigenvalue weighted by Gasteiger charge is 2.54. The van der Waals surface area contributed by atoms with Crippen molar-refractivity contribution in [3.05, 3.63) is 164 Å². The first-order valence-corrected chi connectivity index (χ1v) is 19.0. The maximum Gasteiger partial charge on any atom is 0.519 e. The van der Waals surface area contributed by atoms with E-state index in [-0.39, 0.29) is 7.12 Å². The van der Waals surface area contributed by atoms with Crippen LogP contribution in [0, 0.1) is 0 Å². The van der Waals surface area contributed by atoms with Crippen molar-refractivity contribution in [2.45, 2.75) is 0 Å². The van der Waals surface area contributed by atoms with Crippen LogP contribution in [0.3, 0.4) is 0 Å². The summed E-state index contributed by atoms with van der Waals surface area (Å²) in [5.74, 6) is 0.895. The number of rotatable bonds is 3. The number of para-hydroxylation sites is 10. The second kappa shape index (κ2) is 10.3. The van der Waals surface area contributed by atoms with Crippen LogP contribution >= 0.6 is 11.3 Å². The van der Waals surface area contributed by atoms with Crippen LogP contribution in [0.15, 0.2) is 164 Å². The van der Waals surface area contributed by atoms with E-state index < -0.39 is 0 Å². The summed E-state index contributed by atoms with van der Waals surface area (Å²) in [5, 5.41) is 0. The fourth-order valence-corrected chi connectivity index (χ4v) is 10.0. The van der Waals surface area contributed by atoms with Crippen molar-refractivity contribution in [2.24, 2.45) is 0 Å². The van der Waals surface area contributed by atoms with Gasteiger partial charge in [-0.05, 0) is 91.0 Å². The van der Waals surface area contributed by atoms with Gasteiger partial charge in [-0.15, -0.1) is 0 Å². The van der Waals surface area contributed by atoms with E-state index in [1.165, 1.54) is 21.6 Å². The quantitative estimate of drug-likeness (QED) is 0.171. The van der Waals surface area contributed by atoms with Crippen molar-refractivity contribution in [3.63, 3.8) is 0 Å². The third kappa shape index (κ3) is 3.57. The Kier molecular flexibility index (Phi) is 5.45. The van der Waals surface area contributed by atoms with E-state index in [9.17, 15) is 0 Å². The fraction of sp³-hybridized carbons (Fsp3) is 0. The third-order valence-electron chi connectivity index (χ3n) is 11.2. The van der Waals surface area contributed by atoms with Gasteiger partial charge in [-0.2, -0.15) is 0 Å². The molecule has 7 aromatic carbocycles. The zero-order valence-corrected chi connectivity index (χ0v) is 29.5. The number of benzene rings is 7. The molecule has 0 unspecified atom stereocenters. The van der Waals surface area contributed by atoms with E-state index in [0.717, 1.165) is 72.3 Å². The molecule has 6 heterocycles. The van der Waals surface area contributed by atoms with Crippen LogP contribution in [-0.4, -0.2) is 30.5 Å². The highest BCUT2D eigenvalue weighted by Crippen LogP contribution is 2.56. The summed E-state index contributed by atoms with van der Waals surface area (Å²) in [6, 6.07) is 58.6. The van der Waals surface area contributed by atoms with Crippen LogP contribution in [0.5, 0.6) is 0 Å². The van der Waals surface area contributed by atoms with Crippen molar-refractivity contribution in [2.75, 3.05) is 14.4 Å². The van der Waals surface area contributed by atoms with Gasteiger partial charge in [0, 0.05) is 5.69 Å². The van der Waals surface area contributed by atoms with E-state index >= 15 is 0 Å². The zero-order valence-electron chi connectivity index (χ0n) is 28.7. The van der Waals surface area contributed by atoms with E-state index in [1.54, 1.807) is 11.3 Å². The van der Waals surface area contributed by atoms with Gasteiger partial charge >= 0.3 is 7.12 Å². The standard InChI is InChI=1S/C44H27BN8S/c1-2-16-31-30(15-1)46-43-48(32-17-3-4-18-33(32)49(31)43)28-13-11-14-29(27-28)51-34-19-5-6-20-35(34)52-36-21-7-8-22-37(36)53(45(51)52)40-25-12-24-39-42(40)47-44-50(39)38-23-9-10-26-41(38)54-44/h1-27H. The number of hydrogen-bond acceptors (Lipinski definition) is 6. The molecular weight excluding hydrogens is 683 g/mol. The lowest BCUT2D eigenvalue weighted by atomic mass is 9.86. The lowest BCUT2D eigenvalue weighted by Crippen LogP contribution is -2.51. The van der Waals surface area contributed by atoms with Crippen LogP contribution in [0.4, 0.5) is 34.1 Å². The monoisotopic (exact) mass is 710 g/mol. The Balaban J connectivity index is 1.05. The molecule has 0 fully saturated rings. The van der Waals surface area contributed by atoms with Gasteiger partial charge in [-0.25, -0.2) is 9.97 Å². The van der Waals surface area contributed by atoms with Crippen molar-refractivity contribution in [1.82, 2.24) is 23.3 Å². The number of hydrogen-bond donors (Lipinski definition) is 0. The van der Waals surface area contributed by atoms with Crippen molar-refractivity contribution in [3.8, 4) is 5.69 Å². The fourth-order valence-electron chi connectivity index (χ4n) is 9.02. The van der Waals surface area contributed by atoms with Gasteiger partial charge in [0.1, 0.15) is 5.52 Å². The Bertz CT molecular complexity index is 3360. The predicted molar refractivity (Wildman–Crippen MR) is 223 cm³/mol. The molecule has 252 valence electrons.